The van der Waals surface area contributed by atoms with E-state index in [4.69, 9.17) is 5.73 Å². The first-order valence-corrected chi connectivity index (χ1v) is 6.22. The zero-order valence-corrected chi connectivity index (χ0v) is 10.9. The Morgan fingerprint density at radius 3 is 2.65 bits per heavy atom. The summed E-state index contributed by atoms with van der Waals surface area (Å²) in [5, 5.41) is 3.72. The Labute approximate surface area is 114 Å². The Hall–Kier alpha value is -1.89. The second kappa shape index (κ2) is 5.62. The van der Waals surface area contributed by atoms with Crippen LogP contribution in [0.2, 0.25) is 0 Å². The molecule has 0 radical (unpaired) electrons. The summed E-state index contributed by atoms with van der Waals surface area (Å²) in [4.78, 5) is 4.02. The maximum atomic E-state index is 12.5. The van der Waals surface area contributed by atoms with E-state index in [9.17, 15) is 13.2 Å². The monoisotopic (exact) mass is 284 g/mol. The van der Waals surface area contributed by atoms with Crippen molar-refractivity contribution in [3.8, 4) is 5.69 Å². The average Bonchev–Trinajstić information content (AvgIpc) is 2.88. The van der Waals surface area contributed by atoms with E-state index in [-0.39, 0.29) is 6.04 Å². The highest BCUT2D eigenvalue weighted by Gasteiger charge is 2.32. The van der Waals surface area contributed by atoms with E-state index in [1.165, 1.54) is 6.20 Å². The molecule has 0 saturated carbocycles. The molecule has 2 aromatic rings. The van der Waals surface area contributed by atoms with Gasteiger partial charge in [0.25, 0.3) is 0 Å². The highest BCUT2D eigenvalue weighted by Crippen LogP contribution is 2.29. The van der Waals surface area contributed by atoms with Crippen molar-refractivity contribution < 1.29 is 13.2 Å². The minimum absolute atomic E-state index is 0.00964. The maximum Gasteiger partial charge on any atom is 0.419 e. The van der Waals surface area contributed by atoms with E-state index in [1.807, 2.05) is 6.92 Å². The third kappa shape index (κ3) is 3.36. The second-order valence-corrected chi connectivity index (χ2v) is 4.60. The van der Waals surface area contributed by atoms with E-state index < -0.39 is 11.7 Å². The summed E-state index contributed by atoms with van der Waals surface area (Å²) in [6, 6.07) is 1.76. The normalized spacial score (nSPS) is 13.4. The van der Waals surface area contributed by atoms with E-state index in [1.54, 1.807) is 12.3 Å². The minimum Gasteiger partial charge on any atom is -0.327 e. The van der Waals surface area contributed by atoms with Crippen molar-refractivity contribution >= 4 is 0 Å². The Bertz CT molecular complexity index is 577. The van der Waals surface area contributed by atoms with Gasteiger partial charge in [-0.2, -0.15) is 18.3 Å². The average molecular weight is 284 g/mol. The van der Waals surface area contributed by atoms with Crippen LogP contribution in [0.3, 0.4) is 0 Å². The van der Waals surface area contributed by atoms with Gasteiger partial charge >= 0.3 is 6.18 Å². The minimum atomic E-state index is -4.39. The summed E-state index contributed by atoms with van der Waals surface area (Å²) in [7, 11) is 0. The highest BCUT2D eigenvalue weighted by molar-refractivity contribution is 5.32. The molecule has 2 N–H and O–H groups in total. The summed E-state index contributed by atoms with van der Waals surface area (Å²) in [5.74, 6) is 0. The van der Waals surface area contributed by atoms with Gasteiger partial charge in [0.05, 0.1) is 23.6 Å². The van der Waals surface area contributed by atoms with Gasteiger partial charge in [0.1, 0.15) is 0 Å². The SMILES string of the molecule is CCC(N)Cc1cncc(-n2cc(C(F)(F)F)cn2)c1. The Balaban J connectivity index is 2.25. The molecule has 0 saturated heterocycles. The predicted molar refractivity (Wildman–Crippen MR) is 68.3 cm³/mol. The van der Waals surface area contributed by atoms with Crippen LogP contribution >= 0.6 is 0 Å². The van der Waals surface area contributed by atoms with Crippen molar-refractivity contribution in [3.63, 3.8) is 0 Å². The fourth-order valence-corrected chi connectivity index (χ4v) is 1.77. The fraction of sp³-hybridized carbons (Fsp3) is 0.385. The lowest BCUT2D eigenvalue weighted by molar-refractivity contribution is -0.137. The van der Waals surface area contributed by atoms with E-state index in [0.717, 1.165) is 29.1 Å². The number of hydrogen-bond acceptors (Lipinski definition) is 3. The topological polar surface area (TPSA) is 56.7 Å². The third-order valence-electron chi connectivity index (χ3n) is 2.98. The van der Waals surface area contributed by atoms with Crippen molar-refractivity contribution in [2.75, 3.05) is 0 Å². The molecule has 0 aliphatic rings. The Kier molecular flexibility index (Phi) is 4.08. The smallest absolute Gasteiger partial charge is 0.327 e. The van der Waals surface area contributed by atoms with Crippen LogP contribution in [0.4, 0.5) is 13.2 Å². The van der Waals surface area contributed by atoms with Gasteiger partial charge in [-0.1, -0.05) is 6.92 Å². The zero-order valence-electron chi connectivity index (χ0n) is 10.9. The van der Waals surface area contributed by atoms with Crippen LogP contribution in [0.1, 0.15) is 24.5 Å². The molecule has 0 aromatic carbocycles. The van der Waals surface area contributed by atoms with Gasteiger partial charge < -0.3 is 5.73 Å². The van der Waals surface area contributed by atoms with Gasteiger partial charge in [-0.3, -0.25) is 4.98 Å². The number of pyridine rings is 1. The summed E-state index contributed by atoms with van der Waals surface area (Å²) in [6.07, 6.45) is 1.93. The molecule has 108 valence electrons. The lowest BCUT2D eigenvalue weighted by Crippen LogP contribution is -2.21. The van der Waals surface area contributed by atoms with Gasteiger partial charge in [0.2, 0.25) is 0 Å². The fourth-order valence-electron chi connectivity index (χ4n) is 1.77. The molecule has 20 heavy (non-hydrogen) atoms. The number of hydrogen-bond donors (Lipinski definition) is 1. The van der Waals surface area contributed by atoms with Crippen molar-refractivity contribution in [1.29, 1.82) is 0 Å². The molecule has 0 fully saturated rings. The van der Waals surface area contributed by atoms with Gasteiger partial charge in [0, 0.05) is 18.4 Å². The first kappa shape index (κ1) is 14.5. The number of halogens is 3. The van der Waals surface area contributed by atoms with Crippen LogP contribution in [-0.4, -0.2) is 20.8 Å². The molecule has 2 rings (SSSR count). The molecule has 0 amide bonds. The van der Waals surface area contributed by atoms with E-state index >= 15 is 0 Å². The number of alkyl halides is 3. The summed E-state index contributed by atoms with van der Waals surface area (Å²) >= 11 is 0. The van der Waals surface area contributed by atoms with Crippen molar-refractivity contribution in [1.82, 2.24) is 14.8 Å². The standard InChI is InChI=1S/C13H15F3N4/c1-2-11(17)3-9-4-12(7-18-5-9)20-8-10(6-19-20)13(14,15)16/h4-8,11H,2-3,17H2,1H3. The molecule has 7 heteroatoms. The van der Waals surface area contributed by atoms with Crippen LogP contribution in [0, 0.1) is 0 Å². The zero-order chi connectivity index (χ0) is 14.8. The second-order valence-electron chi connectivity index (χ2n) is 4.60. The molecular formula is C13H15F3N4. The molecule has 4 nitrogen and oxygen atoms in total. The van der Waals surface area contributed by atoms with E-state index in [2.05, 4.69) is 10.1 Å². The van der Waals surface area contributed by atoms with Crippen molar-refractivity contribution in [3.05, 3.63) is 42.0 Å². The molecule has 1 atom stereocenters. The van der Waals surface area contributed by atoms with Crippen molar-refractivity contribution in [2.24, 2.45) is 5.73 Å². The largest absolute Gasteiger partial charge is 0.419 e. The van der Waals surface area contributed by atoms with E-state index in [0.29, 0.717) is 12.1 Å². The maximum absolute atomic E-state index is 12.5. The van der Waals surface area contributed by atoms with Crippen LogP contribution in [0.5, 0.6) is 0 Å². The lowest BCUT2D eigenvalue weighted by atomic mass is 10.1. The van der Waals surface area contributed by atoms with Crippen LogP contribution in [0.15, 0.2) is 30.9 Å². The molecule has 0 spiro atoms. The molecule has 0 bridgehead atoms. The lowest BCUT2D eigenvalue weighted by Gasteiger charge is -2.09. The van der Waals surface area contributed by atoms with Crippen LogP contribution in [0.25, 0.3) is 5.69 Å². The molecular weight excluding hydrogens is 269 g/mol. The molecule has 2 aromatic heterocycles. The van der Waals surface area contributed by atoms with Gasteiger partial charge in [-0.25, -0.2) is 4.68 Å². The number of aromatic nitrogens is 3. The molecule has 0 aliphatic carbocycles. The van der Waals surface area contributed by atoms with Crippen LogP contribution < -0.4 is 5.73 Å². The molecule has 2 heterocycles. The number of rotatable bonds is 4. The summed E-state index contributed by atoms with van der Waals surface area (Å²) < 4.78 is 38.7. The summed E-state index contributed by atoms with van der Waals surface area (Å²) in [6.45, 7) is 1.98. The van der Waals surface area contributed by atoms with Crippen LogP contribution in [-0.2, 0) is 12.6 Å². The predicted octanol–water partition coefficient (Wildman–Crippen LogP) is 2.57. The quantitative estimate of drug-likeness (QED) is 0.938. The van der Waals surface area contributed by atoms with Gasteiger partial charge in [-0.15, -0.1) is 0 Å². The number of nitrogens with two attached hydrogens (primary N) is 1. The van der Waals surface area contributed by atoms with Crippen molar-refractivity contribution in [2.45, 2.75) is 32.0 Å². The summed E-state index contributed by atoms with van der Waals surface area (Å²) in [5.41, 5.74) is 6.44. The number of nitrogens with zero attached hydrogens (tertiary/aromatic N) is 3. The Morgan fingerprint density at radius 1 is 1.30 bits per heavy atom. The van der Waals surface area contributed by atoms with Gasteiger partial charge in [-0.05, 0) is 24.5 Å². The van der Waals surface area contributed by atoms with Gasteiger partial charge in [0.15, 0.2) is 0 Å². The Morgan fingerprint density at radius 2 is 2.05 bits per heavy atom. The highest BCUT2D eigenvalue weighted by atomic mass is 19.4. The first-order chi connectivity index (χ1) is 9.40. The molecule has 1 unspecified atom stereocenters. The molecule has 0 aliphatic heterocycles. The first-order valence-electron chi connectivity index (χ1n) is 6.22. The third-order valence-corrected chi connectivity index (χ3v) is 2.98.